The molecule has 0 bridgehead atoms. The van der Waals surface area contributed by atoms with Crippen LogP contribution in [0.5, 0.6) is 0 Å². The summed E-state index contributed by atoms with van der Waals surface area (Å²) in [5.41, 5.74) is 2.58. The van der Waals surface area contributed by atoms with Gasteiger partial charge in [0.25, 0.3) is 0 Å². The van der Waals surface area contributed by atoms with Crippen LogP contribution in [0, 0.1) is 18.3 Å². The van der Waals surface area contributed by atoms with Crippen molar-refractivity contribution in [2.45, 2.75) is 31.3 Å². The first-order valence-electron chi connectivity index (χ1n) is 6.72. The molecule has 0 atom stereocenters. The first-order valence-corrected chi connectivity index (χ1v) is 8.37. The second-order valence-electron chi connectivity index (χ2n) is 4.86. The molecule has 2 rings (SSSR count). The molecule has 0 amide bonds. The lowest BCUT2D eigenvalue weighted by Gasteiger charge is -1.99. The zero-order chi connectivity index (χ0) is 15.3. The topological polar surface area (TPSA) is 86.6 Å². The third-order valence-electron chi connectivity index (χ3n) is 3.17. The summed E-state index contributed by atoms with van der Waals surface area (Å²) in [5, 5.41) is 8.48. The molecule has 0 fully saturated rings. The molecule has 2 aromatic rings. The number of benzene rings is 1. The van der Waals surface area contributed by atoms with E-state index in [4.69, 9.17) is 5.26 Å². The Morgan fingerprint density at radius 3 is 2.67 bits per heavy atom. The first-order chi connectivity index (χ1) is 10.0. The van der Waals surface area contributed by atoms with Crippen LogP contribution in [0.25, 0.3) is 0 Å². The Balaban J connectivity index is 2.17. The highest BCUT2D eigenvalue weighted by molar-refractivity contribution is 7.91. The minimum absolute atomic E-state index is 0.00358. The van der Waals surface area contributed by atoms with Gasteiger partial charge in [-0.2, -0.15) is 5.26 Å². The number of rotatable bonds is 6. The number of H-pyrrole nitrogens is 1. The molecular weight excluding hydrogens is 286 g/mol. The van der Waals surface area contributed by atoms with E-state index in [1.807, 2.05) is 43.3 Å². The van der Waals surface area contributed by atoms with Gasteiger partial charge < -0.3 is 4.98 Å². The van der Waals surface area contributed by atoms with E-state index in [0.717, 1.165) is 17.0 Å². The lowest BCUT2D eigenvalue weighted by Crippen LogP contribution is -2.08. The third kappa shape index (κ3) is 3.92. The Labute approximate surface area is 124 Å². The van der Waals surface area contributed by atoms with Crippen molar-refractivity contribution in [1.82, 2.24) is 9.97 Å². The molecule has 6 heteroatoms. The van der Waals surface area contributed by atoms with E-state index in [1.54, 1.807) is 0 Å². The lowest BCUT2D eigenvalue weighted by atomic mass is 10.1. The van der Waals surface area contributed by atoms with Gasteiger partial charge in [-0.1, -0.05) is 30.3 Å². The van der Waals surface area contributed by atoms with Crippen molar-refractivity contribution in [2.75, 3.05) is 5.75 Å². The molecule has 5 nitrogen and oxygen atoms in total. The Morgan fingerprint density at radius 1 is 1.29 bits per heavy atom. The van der Waals surface area contributed by atoms with Crippen LogP contribution in [0.3, 0.4) is 0 Å². The fourth-order valence-corrected chi connectivity index (χ4v) is 3.29. The SMILES string of the molecule is Cc1[nH]c(S(=O)(=O)CCCC#N)nc1Cc1ccccc1. The molecule has 1 aromatic carbocycles. The standard InChI is InChI=1S/C15H17N3O2S/c1-12-14(11-13-7-3-2-4-8-13)18-15(17-12)21(19,20)10-6-5-9-16/h2-4,7-8H,5-6,10-11H2,1H3,(H,17,18). The van der Waals surface area contributed by atoms with Crippen LogP contribution in [0.1, 0.15) is 29.8 Å². The number of aromatic nitrogens is 2. The molecular formula is C15H17N3O2S. The fraction of sp³-hybridized carbons (Fsp3) is 0.333. The summed E-state index contributed by atoms with van der Waals surface area (Å²) >= 11 is 0. The molecule has 0 aliphatic carbocycles. The predicted molar refractivity (Wildman–Crippen MR) is 79.5 cm³/mol. The van der Waals surface area contributed by atoms with Gasteiger partial charge in [0.2, 0.25) is 15.0 Å². The summed E-state index contributed by atoms with van der Waals surface area (Å²) in [4.78, 5) is 7.08. The Bertz CT molecular complexity index is 743. The van der Waals surface area contributed by atoms with E-state index < -0.39 is 9.84 Å². The number of unbranched alkanes of at least 4 members (excludes halogenated alkanes) is 1. The molecule has 0 saturated heterocycles. The smallest absolute Gasteiger partial charge is 0.225 e. The molecule has 1 heterocycles. The van der Waals surface area contributed by atoms with E-state index in [0.29, 0.717) is 12.8 Å². The van der Waals surface area contributed by atoms with Crippen molar-refractivity contribution in [1.29, 1.82) is 5.26 Å². The molecule has 0 aliphatic heterocycles. The monoisotopic (exact) mass is 303 g/mol. The predicted octanol–water partition coefficient (Wildman–Crippen LogP) is 2.39. The zero-order valence-electron chi connectivity index (χ0n) is 11.8. The van der Waals surface area contributed by atoms with Crippen LogP contribution in [0.2, 0.25) is 0 Å². The Morgan fingerprint density at radius 2 is 2.00 bits per heavy atom. The van der Waals surface area contributed by atoms with Crippen LogP contribution in [0.4, 0.5) is 0 Å². The summed E-state index contributed by atoms with van der Waals surface area (Å²) in [6.45, 7) is 1.82. The molecule has 0 unspecified atom stereocenters. The number of aromatic amines is 1. The number of aryl methyl sites for hydroxylation is 1. The highest BCUT2D eigenvalue weighted by Gasteiger charge is 2.20. The summed E-state index contributed by atoms with van der Waals surface area (Å²) < 4.78 is 24.2. The van der Waals surface area contributed by atoms with E-state index in [2.05, 4.69) is 9.97 Å². The van der Waals surface area contributed by atoms with Crippen LogP contribution < -0.4 is 0 Å². The van der Waals surface area contributed by atoms with Gasteiger partial charge in [0.15, 0.2) is 0 Å². The molecule has 0 saturated carbocycles. The largest absolute Gasteiger partial charge is 0.333 e. The van der Waals surface area contributed by atoms with E-state index in [9.17, 15) is 8.42 Å². The summed E-state index contributed by atoms with van der Waals surface area (Å²) in [5.74, 6) is -0.0573. The average Bonchev–Trinajstić information content (AvgIpc) is 2.82. The lowest BCUT2D eigenvalue weighted by molar-refractivity contribution is 0.586. The van der Waals surface area contributed by atoms with Gasteiger partial charge in [0, 0.05) is 18.5 Å². The second kappa shape index (κ2) is 6.55. The zero-order valence-corrected chi connectivity index (χ0v) is 12.7. The minimum atomic E-state index is -3.44. The van der Waals surface area contributed by atoms with Crippen molar-refractivity contribution in [2.24, 2.45) is 0 Å². The van der Waals surface area contributed by atoms with Gasteiger partial charge in [0.1, 0.15) is 0 Å². The Kier molecular flexibility index (Phi) is 4.76. The maximum Gasteiger partial charge on any atom is 0.225 e. The van der Waals surface area contributed by atoms with E-state index in [-0.39, 0.29) is 17.3 Å². The van der Waals surface area contributed by atoms with Crippen molar-refractivity contribution in [3.05, 3.63) is 47.3 Å². The molecule has 1 aromatic heterocycles. The van der Waals surface area contributed by atoms with Gasteiger partial charge >= 0.3 is 0 Å². The molecule has 0 spiro atoms. The number of hydrogen-bond donors (Lipinski definition) is 1. The van der Waals surface area contributed by atoms with Crippen LogP contribution in [0.15, 0.2) is 35.5 Å². The van der Waals surface area contributed by atoms with E-state index in [1.165, 1.54) is 0 Å². The maximum atomic E-state index is 12.1. The maximum absolute atomic E-state index is 12.1. The quantitative estimate of drug-likeness (QED) is 0.830. The minimum Gasteiger partial charge on any atom is -0.333 e. The third-order valence-corrected chi connectivity index (χ3v) is 4.78. The van der Waals surface area contributed by atoms with Gasteiger partial charge in [-0.15, -0.1) is 0 Å². The second-order valence-corrected chi connectivity index (χ2v) is 6.88. The number of nitriles is 1. The number of sulfone groups is 1. The van der Waals surface area contributed by atoms with Crippen LogP contribution >= 0.6 is 0 Å². The summed E-state index contributed by atoms with van der Waals surface area (Å²) in [7, 11) is -3.44. The van der Waals surface area contributed by atoms with Crippen LogP contribution in [-0.2, 0) is 16.3 Å². The number of imidazole rings is 1. The highest BCUT2D eigenvalue weighted by Crippen LogP contribution is 2.16. The fourth-order valence-electron chi connectivity index (χ4n) is 2.01. The van der Waals surface area contributed by atoms with Crippen molar-refractivity contribution < 1.29 is 8.42 Å². The molecule has 21 heavy (non-hydrogen) atoms. The molecule has 110 valence electrons. The Hall–Kier alpha value is -2.13. The number of nitrogens with zero attached hydrogens (tertiary/aromatic N) is 2. The average molecular weight is 303 g/mol. The molecule has 0 aliphatic rings. The summed E-state index contributed by atoms with van der Waals surface area (Å²) in [6, 6.07) is 11.7. The van der Waals surface area contributed by atoms with Gasteiger partial charge in [-0.25, -0.2) is 13.4 Å². The normalized spacial score (nSPS) is 11.2. The van der Waals surface area contributed by atoms with Crippen molar-refractivity contribution in [3.63, 3.8) is 0 Å². The number of nitrogens with one attached hydrogen (secondary N) is 1. The van der Waals surface area contributed by atoms with Crippen LogP contribution in [-0.4, -0.2) is 24.1 Å². The molecule has 0 radical (unpaired) electrons. The van der Waals surface area contributed by atoms with Crippen molar-refractivity contribution in [3.8, 4) is 6.07 Å². The van der Waals surface area contributed by atoms with E-state index >= 15 is 0 Å². The molecule has 1 N–H and O–H groups in total. The van der Waals surface area contributed by atoms with Gasteiger partial charge in [-0.05, 0) is 18.9 Å². The van der Waals surface area contributed by atoms with Gasteiger partial charge in [0.05, 0.1) is 17.5 Å². The first kappa shape index (κ1) is 15.3. The summed E-state index contributed by atoms with van der Waals surface area (Å²) in [6.07, 6.45) is 1.15. The highest BCUT2D eigenvalue weighted by atomic mass is 32.2. The van der Waals surface area contributed by atoms with Gasteiger partial charge in [-0.3, -0.25) is 0 Å². The number of hydrogen-bond acceptors (Lipinski definition) is 4. The van der Waals surface area contributed by atoms with Crippen molar-refractivity contribution >= 4 is 9.84 Å².